The highest BCUT2D eigenvalue weighted by Gasteiger charge is 2.39. The lowest BCUT2D eigenvalue weighted by molar-refractivity contribution is 0.0416. The SMILES string of the molecule is CN(C)C1(Cn2cnc(=C3C=CC(F)=CC3)c2=C2CC=Nc3[nH]ccc32)CCC1. The van der Waals surface area contributed by atoms with Gasteiger partial charge in [-0.25, -0.2) is 14.4 Å². The van der Waals surface area contributed by atoms with Crippen molar-refractivity contribution in [1.82, 2.24) is 19.4 Å². The highest BCUT2D eigenvalue weighted by Crippen LogP contribution is 2.37. The van der Waals surface area contributed by atoms with Crippen LogP contribution in [-0.4, -0.2) is 45.3 Å². The summed E-state index contributed by atoms with van der Waals surface area (Å²) in [5.74, 6) is 0.715. The van der Waals surface area contributed by atoms with Gasteiger partial charge >= 0.3 is 0 Å². The summed E-state index contributed by atoms with van der Waals surface area (Å²) in [5, 5.41) is 2.09. The first-order chi connectivity index (χ1) is 14.1. The molecule has 0 amide bonds. The predicted molar refractivity (Wildman–Crippen MR) is 114 cm³/mol. The third kappa shape index (κ3) is 3.02. The Balaban J connectivity index is 1.75. The number of allylic oxidation sites excluding steroid dienone is 4. The van der Waals surface area contributed by atoms with Gasteiger partial charge in [-0.05, 0) is 69.1 Å². The standard InChI is InChI=1S/C23H26FN5/c1-28(2)23(10-3-11-23)14-29-15-27-20(16-4-6-17(24)7-5-16)21(29)18-8-12-25-22-19(18)9-13-26-22/h4,6-7,9,12-13,15,26H,3,5,8,10-11,14H2,1-2H3. The van der Waals surface area contributed by atoms with Gasteiger partial charge in [0.25, 0.3) is 0 Å². The van der Waals surface area contributed by atoms with Crippen molar-refractivity contribution in [1.29, 1.82) is 0 Å². The number of nitrogens with one attached hydrogen (secondary N) is 1. The molecular weight excluding hydrogens is 365 g/mol. The van der Waals surface area contributed by atoms with Crippen molar-refractivity contribution >= 4 is 23.2 Å². The van der Waals surface area contributed by atoms with Gasteiger partial charge in [0.15, 0.2) is 0 Å². The summed E-state index contributed by atoms with van der Waals surface area (Å²) in [5.41, 5.74) is 3.59. The molecule has 0 unspecified atom stereocenters. The summed E-state index contributed by atoms with van der Waals surface area (Å²) < 4.78 is 15.9. The molecule has 1 N–H and O–H groups in total. The van der Waals surface area contributed by atoms with Gasteiger partial charge in [-0.1, -0.05) is 6.08 Å². The van der Waals surface area contributed by atoms with Crippen LogP contribution in [0.2, 0.25) is 0 Å². The maximum absolute atomic E-state index is 13.6. The zero-order valence-corrected chi connectivity index (χ0v) is 17.0. The van der Waals surface area contributed by atoms with Gasteiger partial charge in [0.2, 0.25) is 0 Å². The molecular formula is C23H26FN5. The smallest absolute Gasteiger partial charge is 0.137 e. The number of aliphatic imine (C=N–C) groups is 1. The van der Waals surface area contributed by atoms with Gasteiger partial charge < -0.3 is 14.5 Å². The van der Waals surface area contributed by atoms with Crippen molar-refractivity contribution in [3.8, 4) is 0 Å². The first-order valence-electron chi connectivity index (χ1n) is 10.3. The second kappa shape index (κ2) is 6.95. The summed E-state index contributed by atoms with van der Waals surface area (Å²) in [6.45, 7) is 0.907. The number of halogens is 1. The molecule has 1 aliphatic heterocycles. The number of aromatic nitrogens is 3. The maximum Gasteiger partial charge on any atom is 0.137 e. The third-order valence-electron chi connectivity index (χ3n) is 6.65. The molecule has 0 aromatic carbocycles. The van der Waals surface area contributed by atoms with E-state index in [-0.39, 0.29) is 11.4 Å². The Hall–Kier alpha value is -2.73. The van der Waals surface area contributed by atoms with E-state index in [2.05, 4.69) is 39.6 Å². The van der Waals surface area contributed by atoms with Crippen LogP contribution >= 0.6 is 0 Å². The Bertz CT molecular complexity index is 1150. The lowest BCUT2D eigenvalue weighted by Crippen LogP contribution is -2.54. The molecule has 0 saturated heterocycles. The molecule has 0 radical (unpaired) electrons. The minimum absolute atomic E-state index is 0.177. The Morgan fingerprint density at radius 3 is 2.79 bits per heavy atom. The number of aromatic amines is 1. The molecule has 1 saturated carbocycles. The zero-order chi connectivity index (χ0) is 20.0. The number of likely N-dealkylation sites (N-methyl/N-ethyl adjacent to an activating group) is 1. The fourth-order valence-electron chi connectivity index (χ4n) is 4.67. The minimum Gasteiger partial charge on any atom is -0.346 e. The molecule has 29 heavy (non-hydrogen) atoms. The first kappa shape index (κ1) is 18.3. The Labute approximate surface area is 169 Å². The van der Waals surface area contributed by atoms with Crippen LogP contribution in [-0.2, 0) is 6.54 Å². The third-order valence-corrected chi connectivity index (χ3v) is 6.65. The van der Waals surface area contributed by atoms with Crippen molar-refractivity contribution in [3.63, 3.8) is 0 Å². The predicted octanol–water partition coefficient (Wildman–Crippen LogP) is 2.96. The van der Waals surface area contributed by atoms with Crippen LogP contribution in [0.5, 0.6) is 0 Å². The maximum atomic E-state index is 13.6. The van der Waals surface area contributed by atoms with E-state index in [0.717, 1.165) is 40.6 Å². The summed E-state index contributed by atoms with van der Waals surface area (Å²) in [7, 11) is 4.35. The van der Waals surface area contributed by atoms with E-state index in [4.69, 9.17) is 4.98 Å². The highest BCUT2D eigenvalue weighted by molar-refractivity contribution is 5.88. The fourth-order valence-corrected chi connectivity index (χ4v) is 4.67. The summed E-state index contributed by atoms with van der Waals surface area (Å²) in [4.78, 5) is 14.9. The molecule has 6 heteroatoms. The molecule has 3 heterocycles. The normalized spacial score (nSPS) is 23.8. The fraction of sp³-hybridized carbons (Fsp3) is 0.391. The van der Waals surface area contributed by atoms with E-state index >= 15 is 0 Å². The number of hydrogen-bond donors (Lipinski definition) is 1. The van der Waals surface area contributed by atoms with Crippen molar-refractivity contribution < 1.29 is 4.39 Å². The van der Waals surface area contributed by atoms with Crippen molar-refractivity contribution in [2.75, 3.05) is 14.1 Å². The van der Waals surface area contributed by atoms with Gasteiger partial charge in [0.05, 0.1) is 17.0 Å². The lowest BCUT2D eigenvalue weighted by Gasteiger charge is -2.47. The molecule has 5 rings (SSSR count). The Kier molecular flexibility index (Phi) is 4.39. The van der Waals surface area contributed by atoms with E-state index in [9.17, 15) is 4.39 Å². The van der Waals surface area contributed by atoms with E-state index in [1.165, 1.54) is 30.9 Å². The second-order valence-corrected chi connectivity index (χ2v) is 8.43. The Morgan fingerprint density at radius 2 is 2.10 bits per heavy atom. The van der Waals surface area contributed by atoms with Crippen LogP contribution in [0.4, 0.5) is 10.2 Å². The molecule has 5 nitrogen and oxygen atoms in total. The van der Waals surface area contributed by atoms with Crippen molar-refractivity contribution in [3.05, 3.63) is 58.9 Å². The molecule has 150 valence electrons. The quantitative estimate of drug-likeness (QED) is 0.875. The largest absolute Gasteiger partial charge is 0.346 e. The Morgan fingerprint density at radius 1 is 1.24 bits per heavy atom. The topological polar surface area (TPSA) is 49.2 Å². The second-order valence-electron chi connectivity index (χ2n) is 8.43. The lowest BCUT2D eigenvalue weighted by atomic mass is 9.75. The van der Waals surface area contributed by atoms with Gasteiger partial charge in [-0.3, -0.25) is 0 Å². The average molecular weight is 391 g/mol. The molecule has 2 aromatic rings. The van der Waals surface area contributed by atoms with Crippen molar-refractivity contribution in [2.45, 2.75) is 44.2 Å². The monoisotopic (exact) mass is 391 g/mol. The summed E-state index contributed by atoms with van der Waals surface area (Å²) >= 11 is 0. The molecule has 2 aromatic heterocycles. The number of imidazole rings is 1. The van der Waals surface area contributed by atoms with Crippen LogP contribution in [0, 0.1) is 0 Å². The number of hydrogen-bond acceptors (Lipinski definition) is 3. The van der Waals surface area contributed by atoms with Crippen LogP contribution in [0.1, 0.15) is 37.7 Å². The van der Waals surface area contributed by atoms with Gasteiger partial charge in [-0.15, -0.1) is 0 Å². The molecule has 0 spiro atoms. The number of H-pyrrole nitrogens is 1. The van der Waals surface area contributed by atoms with E-state index in [0.29, 0.717) is 6.42 Å². The van der Waals surface area contributed by atoms with Gasteiger partial charge in [0, 0.05) is 36.5 Å². The van der Waals surface area contributed by atoms with Crippen molar-refractivity contribution in [2.24, 2.45) is 4.99 Å². The van der Waals surface area contributed by atoms with Crippen LogP contribution < -0.4 is 10.7 Å². The number of fused-ring (bicyclic) bond motifs is 1. The van der Waals surface area contributed by atoms with E-state index < -0.39 is 0 Å². The first-order valence-corrected chi connectivity index (χ1v) is 10.3. The van der Waals surface area contributed by atoms with E-state index in [1.54, 1.807) is 6.08 Å². The van der Waals surface area contributed by atoms with Crippen LogP contribution in [0.3, 0.4) is 0 Å². The highest BCUT2D eigenvalue weighted by atomic mass is 19.1. The molecule has 2 aliphatic carbocycles. The summed E-state index contributed by atoms with van der Waals surface area (Å²) in [6.07, 6.45) is 15.9. The zero-order valence-electron chi connectivity index (χ0n) is 17.0. The minimum atomic E-state index is -0.180. The molecule has 3 aliphatic rings. The number of nitrogens with zero attached hydrogens (tertiary/aromatic N) is 4. The molecule has 1 fully saturated rings. The molecule has 0 bridgehead atoms. The number of rotatable bonds is 3. The summed E-state index contributed by atoms with van der Waals surface area (Å²) in [6, 6.07) is 2.09. The molecule has 0 atom stereocenters. The van der Waals surface area contributed by atoms with Gasteiger partial charge in [0.1, 0.15) is 11.6 Å². The average Bonchev–Trinajstić information content (AvgIpc) is 3.31. The van der Waals surface area contributed by atoms with Crippen LogP contribution in [0.25, 0.3) is 11.1 Å². The van der Waals surface area contributed by atoms with E-state index in [1.807, 2.05) is 24.8 Å². The van der Waals surface area contributed by atoms with Gasteiger partial charge in [-0.2, -0.15) is 0 Å². The van der Waals surface area contributed by atoms with Crippen LogP contribution in [0.15, 0.2) is 47.6 Å².